The van der Waals surface area contributed by atoms with Gasteiger partial charge in [0.15, 0.2) is 0 Å². The molecule has 0 fully saturated rings. The summed E-state index contributed by atoms with van der Waals surface area (Å²) in [7, 11) is 1.64. The van der Waals surface area contributed by atoms with Crippen LogP contribution in [-0.4, -0.2) is 12.0 Å². The fourth-order valence-corrected chi connectivity index (χ4v) is 2.02. The van der Waals surface area contributed by atoms with E-state index in [0.29, 0.717) is 0 Å². The van der Waals surface area contributed by atoms with Crippen LogP contribution in [0.2, 0.25) is 0 Å². The van der Waals surface area contributed by atoms with Crippen molar-refractivity contribution in [3.05, 3.63) is 69.8 Å². The molecule has 2 aromatic carbocycles. The molecule has 0 aromatic heterocycles. The van der Waals surface area contributed by atoms with Gasteiger partial charge in [-0.15, -0.1) is 0 Å². The summed E-state index contributed by atoms with van der Waals surface area (Å²) in [5.74, 6) is 0.835. The summed E-state index contributed by atoms with van der Waals surface area (Å²) in [6.07, 6.45) is 0. The normalized spacial score (nSPS) is 11.9. The van der Waals surface area contributed by atoms with Crippen LogP contribution in [0.3, 0.4) is 0 Å². The molecule has 5 heteroatoms. The van der Waals surface area contributed by atoms with Crippen LogP contribution in [0.15, 0.2) is 48.5 Å². The maximum atomic E-state index is 10.6. The van der Waals surface area contributed by atoms with E-state index in [9.17, 15) is 10.1 Å². The van der Waals surface area contributed by atoms with Gasteiger partial charge in [0, 0.05) is 24.7 Å². The Morgan fingerprint density at radius 3 is 2.29 bits per heavy atom. The van der Waals surface area contributed by atoms with Gasteiger partial charge < -0.3 is 10.1 Å². The Balaban J connectivity index is 1.94. The van der Waals surface area contributed by atoms with Crippen LogP contribution in [0.1, 0.15) is 24.1 Å². The topological polar surface area (TPSA) is 64.4 Å². The molecule has 1 N–H and O–H groups in total. The van der Waals surface area contributed by atoms with Gasteiger partial charge in [-0.3, -0.25) is 10.1 Å². The summed E-state index contributed by atoms with van der Waals surface area (Å²) < 4.78 is 5.12. The van der Waals surface area contributed by atoms with Crippen LogP contribution in [0.4, 0.5) is 5.69 Å². The lowest BCUT2D eigenvalue weighted by Gasteiger charge is -2.14. The number of methoxy groups -OCH3 is 1. The Morgan fingerprint density at radius 2 is 1.76 bits per heavy atom. The number of hydrogen-bond donors (Lipinski definition) is 1. The van der Waals surface area contributed by atoms with E-state index in [4.69, 9.17) is 4.74 Å². The molecule has 0 radical (unpaired) electrons. The average molecular weight is 286 g/mol. The number of nitrogens with zero attached hydrogens (tertiary/aromatic N) is 1. The van der Waals surface area contributed by atoms with Crippen LogP contribution in [0.25, 0.3) is 0 Å². The van der Waals surface area contributed by atoms with E-state index in [1.54, 1.807) is 19.2 Å². The number of non-ortho nitro benzene ring substituents is 1. The highest BCUT2D eigenvalue weighted by Gasteiger charge is 2.08. The summed E-state index contributed by atoms with van der Waals surface area (Å²) >= 11 is 0. The molecule has 0 spiro atoms. The molecule has 0 saturated heterocycles. The minimum atomic E-state index is -0.390. The average Bonchev–Trinajstić information content (AvgIpc) is 2.53. The summed E-state index contributed by atoms with van der Waals surface area (Å²) in [6.45, 7) is 2.76. The van der Waals surface area contributed by atoms with Gasteiger partial charge in [0.1, 0.15) is 5.75 Å². The Bertz CT molecular complexity index is 594. The lowest BCUT2D eigenvalue weighted by Crippen LogP contribution is -2.18. The van der Waals surface area contributed by atoms with Crippen LogP contribution in [-0.2, 0) is 6.54 Å². The van der Waals surface area contributed by atoms with Crippen molar-refractivity contribution in [3.8, 4) is 5.75 Å². The number of benzene rings is 2. The van der Waals surface area contributed by atoms with Gasteiger partial charge in [-0.2, -0.15) is 0 Å². The largest absolute Gasteiger partial charge is 0.497 e. The van der Waals surface area contributed by atoms with Gasteiger partial charge in [-0.1, -0.05) is 24.3 Å². The zero-order valence-corrected chi connectivity index (χ0v) is 12.1. The third-order valence-electron chi connectivity index (χ3n) is 3.38. The first-order valence-corrected chi connectivity index (χ1v) is 6.71. The molecular formula is C16H18N2O3. The van der Waals surface area contributed by atoms with E-state index in [1.807, 2.05) is 31.2 Å². The summed E-state index contributed by atoms with van der Waals surface area (Å²) in [5, 5.41) is 14.0. The van der Waals surface area contributed by atoms with Gasteiger partial charge >= 0.3 is 0 Å². The van der Waals surface area contributed by atoms with Crippen molar-refractivity contribution in [1.29, 1.82) is 0 Å². The molecule has 5 nitrogen and oxygen atoms in total. The third-order valence-corrected chi connectivity index (χ3v) is 3.38. The van der Waals surface area contributed by atoms with Gasteiger partial charge in [0.05, 0.1) is 12.0 Å². The number of nitrogens with one attached hydrogen (secondary N) is 1. The molecule has 2 rings (SSSR count). The molecule has 2 aromatic rings. The predicted molar refractivity (Wildman–Crippen MR) is 81.3 cm³/mol. The maximum Gasteiger partial charge on any atom is 0.269 e. The first-order valence-electron chi connectivity index (χ1n) is 6.71. The predicted octanol–water partition coefficient (Wildman–Crippen LogP) is 3.45. The third kappa shape index (κ3) is 4.03. The Hall–Kier alpha value is -2.40. The van der Waals surface area contributed by atoms with E-state index in [0.717, 1.165) is 23.4 Å². The molecule has 110 valence electrons. The van der Waals surface area contributed by atoms with Crippen molar-refractivity contribution in [1.82, 2.24) is 5.32 Å². The maximum absolute atomic E-state index is 10.6. The van der Waals surface area contributed by atoms with E-state index >= 15 is 0 Å². The highest BCUT2D eigenvalue weighted by atomic mass is 16.6. The van der Waals surface area contributed by atoms with Crippen LogP contribution in [0, 0.1) is 10.1 Å². The Kier molecular flexibility index (Phi) is 4.90. The quantitative estimate of drug-likeness (QED) is 0.652. The molecule has 1 atom stereocenters. The minimum Gasteiger partial charge on any atom is -0.497 e. The van der Waals surface area contributed by atoms with E-state index < -0.39 is 0 Å². The fraction of sp³-hybridized carbons (Fsp3) is 0.250. The van der Waals surface area contributed by atoms with Gasteiger partial charge in [-0.05, 0) is 30.2 Å². The molecule has 0 aliphatic rings. The zero-order valence-electron chi connectivity index (χ0n) is 12.1. The summed E-state index contributed by atoms with van der Waals surface area (Å²) in [4.78, 5) is 10.2. The monoisotopic (exact) mass is 286 g/mol. The number of nitro groups is 1. The molecule has 1 unspecified atom stereocenters. The second kappa shape index (κ2) is 6.85. The van der Waals surface area contributed by atoms with Gasteiger partial charge in [-0.25, -0.2) is 0 Å². The highest BCUT2D eigenvalue weighted by Crippen LogP contribution is 2.18. The molecule has 0 saturated carbocycles. The Morgan fingerprint density at radius 1 is 1.14 bits per heavy atom. The van der Waals surface area contributed by atoms with Gasteiger partial charge in [0.2, 0.25) is 0 Å². The standard InChI is InChI=1S/C16H18N2O3/c1-12(14-5-7-15(8-6-14)18(19)20)17-11-13-3-9-16(21-2)10-4-13/h3-10,12,17H,11H2,1-2H3. The lowest BCUT2D eigenvalue weighted by atomic mass is 10.1. The molecule has 0 aliphatic heterocycles. The van der Waals surface area contributed by atoms with E-state index in [1.165, 1.54) is 12.1 Å². The number of hydrogen-bond acceptors (Lipinski definition) is 4. The summed E-state index contributed by atoms with van der Waals surface area (Å²) in [6, 6.07) is 14.6. The van der Waals surface area contributed by atoms with Crippen LogP contribution < -0.4 is 10.1 Å². The molecule has 0 amide bonds. The van der Waals surface area contributed by atoms with Gasteiger partial charge in [0.25, 0.3) is 5.69 Å². The van der Waals surface area contributed by atoms with Crippen molar-refractivity contribution in [2.75, 3.05) is 7.11 Å². The zero-order chi connectivity index (χ0) is 15.2. The second-order valence-corrected chi connectivity index (χ2v) is 4.80. The summed E-state index contributed by atoms with van der Waals surface area (Å²) in [5.41, 5.74) is 2.29. The van der Waals surface area contributed by atoms with Crippen LogP contribution >= 0.6 is 0 Å². The van der Waals surface area contributed by atoms with Crippen molar-refractivity contribution in [3.63, 3.8) is 0 Å². The molecule has 21 heavy (non-hydrogen) atoms. The van der Waals surface area contributed by atoms with Crippen molar-refractivity contribution >= 4 is 5.69 Å². The second-order valence-electron chi connectivity index (χ2n) is 4.80. The molecule has 0 aliphatic carbocycles. The molecule has 0 bridgehead atoms. The first kappa shape index (κ1) is 15.0. The first-order chi connectivity index (χ1) is 10.1. The number of ether oxygens (including phenoxy) is 1. The van der Waals surface area contributed by atoms with E-state index in [2.05, 4.69) is 5.32 Å². The number of rotatable bonds is 6. The van der Waals surface area contributed by atoms with Crippen LogP contribution in [0.5, 0.6) is 5.75 Å². The fourth-order valence-electron chi connectivity index (χ4n) is 2.02. The highest BCUT2D eigenvalue weighted by molar-refractivity contribution is 5.34. The minimum absolute atomic E-state index is 0.112. The van der Waals surface area contributed by atoms with Crippen molar-refractivity contribution in [2.45, 2.75) is 19.5 Å². The van der Waals surface area contributed by atoms with Crippen molar-refractivity contribution in [2.24, 2.45) is 0 Å². The molecule has 0 heterocycles. The smallest absolute Gasteiger partial charge is 0.269 e. The van der Waals surface area contributed by atoms with Crippen molar-refractivity contribution < 1.29 is 9.66 Å². The lowest BCUT2D eigenvalue weighted by molar-refractivity contribution is -0.384. The molecular weight excluding hydrogens is 268 g/mol. The SMILES string of the molecule is COc1ccc(CNC(C)c2ccc([N+](=O)[O-])cc2)cc1. The number of nitro benzene ring substituents is 1. The Labute approximate surface area is 123 Å². The van der Waals surface area contributed by atoms with E-state index in [-0.39, 0.29) is 16.7 Å².